The smallest absolute Gasteiger partial charge is 0.244 e. The van der Waals surface area contributed by atoms with Gasteiger partial charge in [0.1, 0.15) is 30.0 Å². The molecule has 0 radical (unpaired) electrons. The Morgan fingerprint density at radius 3 is 2.96 bits per heavy atom. The van der Waals surface area contributed by atoms with Crippen molar-refractivity contribution in [3.05, 3.63) is 18.6 Å². The van der Waals surface area contributed by atoms with E-state index in [1.54, 1.807) is 6.07 Å². The molecule has 1 aliphatic rings. The van der Waals surface area contributed by atoms with Crippen LogP contribution in [0, 0.1) is 11.3 Å². The van der Waals surface area contributed by atoms with Crippen LogP contribution in [-0.4, -0.2) is 48.7 Å². The summed E-state index contributed by atoms with van der Waals surface area (Å²) in [5, 5.41) is 22.4. The van der Waals surface area contributed by atoms with Gasteiger partial charge in [0.15, 0.2) is 6.23 Å². The van der Waals surface area contributed by atoms with E-state index in [2.05, 4.69) is 15.9 Å². The number of alkyl halides is 1. The molecule has 23 heavy (non-hydrogen) atoms. The maximum atomic E-state index is 15.3. The number of ether oxygens (including phenoxy) is 1. The van der Waals surface area contributed by atoms with E-state index in [0.29, 0.717) is 11.0 Å². The number of aliphatic hydroxyl groups excluding tert-OH is 2. The van der Waals surface area contributed by atoms with Crippen molar-refractivity contribution in [2.75, 3.05) is 5.73 Å². The zero-order valence-electron chi connectivity index (χ0n) is 12.0. The van der Waals surface area contributed by atoms with E-state index in [0.717, 1.165) is 0 Å². The molecule has 2 aromatic heterocycles. The second-order valence-corrected chi connectivity index (χ2v) is 5.53. The van der Waals surface area contributed by atoms with Crippen LogP contribution in [0.3, 0.4) is 0 Å². The Kier molecular flexibility index (Phi) is 3.90. The summed E-state index contributed by atoms with van der Waals surface area (Å²) in [6.45, 7) is 1.39. The predicted octanol–water partition coefficient (Wildman–Crippen LogP) is 0.561. The van der Waals surface area contributed by atoms with Gasteiger partial charge < -0.3 is 25.3 Å². The van der Waals surface area contributed by atoms with E-state index >= 15 is 4.39 Å². The highest BCUT2D eigenvalue weighted by Gasteiger charge is 2.59. The minimum atomic E-state index is -2.52. The van der Waals surface area contributed by atoms with E-state index in [9.17, 15) is 10.2 Å². The number of hydrogen-bond donors (Lipinski definition) is 3. The van der Waals surface area contributed by atoms with Gasteiger partial charge >= 0.3 is 0 Å². The highest BCUT2D eigenvalue weighted by molar-refractivity contribution is 6.30. The van der Waals surface area contributed by atoms with Crippen LogP contribution >= 0.6 is 11.6 Å². The van der Waals surface area contributed by atoms with Crippen LogP contribution in [0.25, 0.3) is 11.0 Å². The van der Waals surface area contributed by atoms with Gasteiger partial charge in [-0.2, -0.15) is 0 Å². The summed E-state index contributed by atoms with van der Waals surface area (Å²) >= 11 is 5.35. The molecule has 0 aromatic carbocycles. The van der Waals surface area contributed by atoms with Gasteiger partial charge in [-0.1, -0.05) is 0 Å². The Labute approximate surface area is 135 Å². The van der Waals surface area contributed by atoms with Crippen LogP contribution in [-0.2, 0) is 4.74 Å². The Morgan fingerprint density at radius 1 is 1.57 bits per heavy atom. The zero-order valence-corrected chi connectivity index (χ0v) is 12.8. The fourth-order valence-corrected chi connectivity index (χ4v) is 2.89. The number of nitrogens with zero attached hydrogens (tertiary/aromatic N) is 3. The van der Waals surface area contributed by atoms with Crippen molar-refractivity contribution in [2.24, 2.45) is 0 Å². The van der Waals surface area contributed by atoms with Crippen LogP contribution in [0.1, 0.15) is 13.2 Å². The number of aliphatic hydroxyl groups is 2. The van der Waals surface area contributed by atoms with Gasteiger partial charge in [-0.3, -0.25) is 0 Å². The monoisotopic (exact) mass is 340 g/mol. The molecule has 1 aliphatic heterocycles. The van der Waals surface area contributed by atoms with E-state index in [1.165, 1.54) is 24.0 Å². The third-order valence-electron chi connectivity index (χ3n) is 3.89. The van der Waals surface area contributed by atoms with Crippen LogP contribution < -0.4 is 5.73 Å². The fourth-order valence-electron chi connectivity index (χ4n) is 2.74. The standard InChI is InChI=1S/C14H14ClFN4O3/c1-7(21)9-10(22)14(16,3-4-15)13(23-9)20-5-2-8-11(17)18-6-19-12(8)20/h2,5-7,9-10,13,21-22H,1H3,(H2,17,18,19)/t7?,9-,10-,13-,14-/m1/s1. The molecule has 4 N–H and O–H groups in total. The highest BCUT2D eigenvalue weighted by Crippen LogP contribution is 2.43. The number of fused-ring (bicyclic) bond motifs is 1. The molecular formula is C14H14ClFN4O3. The zero-order chi connectivity index (χ0) is 16.8. The lowest BCUT2D eigenvalue weighted by atomic mass is 9.95. The Morgan fingerprint density at radius 2 is 2.30 bits per heavy atom. The van der Waals surface area contributed by atoms with E-state index in [4.69, 9.17) is 22.1 Å². The number of hydrogen-bond acceptors (Lipinski definition) is 6. The first kappa shape index (κ1) is 16.0. The summed E-state index contributed by atoms with van der Waals surface area (Å²) in [4.78, 5) is 7.93. The van der Waals surface area contributed by atoms with E-state index in [-0.39, 0.29) is 5.82 Å². The van der Waals surface area contributed by atoms with Gasteiger partial charge in [0.05, 0.1) is 11.5 Å². The molecule has 5 atom stereocenters. The summed E-state index contributed by atoms with van der Waals surface area (Å²) in [5.74, 6) is 2.37. The SMILES string of the molecule is CC(O)[C@H]1O[C@@H](n2ccc3c(N)ncnc32)[C@@](F)(C#CCl)[C@@H]1O. The topological polar surface area (TPSA) is 106 Å². The van der Waals surface area contributed by atoms with Gasteiger partial charge in [0, 0.05) is 11.6 Å². The number of aromatic nitrogens is 3. The lowest BCUT2D eigenvalue weighted by Crippen LogP contribution is -2.43. The van der Waals surface area contributed by atoms with Crippen molar-refractivity contribution in [1.29, 1.82) is 0 Å². The maximum absolute atomic E-state index is 15.3. The molecular weight excluding hydrogens is 327 g/mol. The molecule has 1 unspecified atom stereocenters. The van der Waals surface area contributed by atoms with Crippen molar-refractivity contribution in [3.63, 3.8) is 0 Å². The largest absolute Gasteiger partial charge is 0.391 e. The Balaban J connectivity index is 2.15. The van der Waals surface area contributed by atoms with Gasteiger partial charge in [0.25, 0.3) is 0 Å². The summed E-state index contributed by atoms with van der Waals surface area (Å²) in [5.41, 5.74) is 3.56. The predicted molar refractivity (Wildman–Crippen MR) is 81.0 cm³/mol. The summed E-state index contributed by atoms with van der Waals surface area (Å²) in [7, 11) is 0. The van der Waals surface area contributed by atoms with E-state index in [1.807, 2.05) is 5.38 Å². The molecule has 0 aliphatic carbocycles. The molecule has 2 aromatic rings. The van der Waals surface area contributed by atoms with Crippen molar-refractivity contribution >= 4 is 28.5 Å². The second kappa shape index (κ2) is 5.62. The number of rotatable bonds is 2. The molecule has 3 heterocycles. The number of nitrogens with two attached hydrogens (primary N) is 1. The summed E-state index contributed by atoms with van der Waals surface area (Å²) < 4.78 is 22.2. The van der Waals surface area contributed by atoms with Crippen molar-refractivity contribution in [3.8, 4) is 11.3 Å². The summed E-state index contributed by atoms with van der Waals surface area (Å²) in [6.07, 6.45) is -2.57. The van der Waals surface area contributed by atoms with Crippen LogP contribution in [0.4, 0.5) is 10.2 Å². The molecule has 0 spiro atoms. The molecule has 1 fully saturated rings. The second-order valence-electron chi connectivity index (χ2n) is 5.35. The van der Waals surface area contributed by atoms with Gasteiger partial charge in [0.2, 0.25) is 5.67 Å². The van der Waals surface area contributed by atoms with Gasteiger partial charge in [-0.05, 0) is 30.5 Å². The first-order valence-electron chi connectivity index (χ1n) is 6.80. The average molecular weight is 341 g/mol. The first-order chi connectivity index (χ1) is 10.9. The molecule has 0 bridgehead atoms. The number of anilines is 1. The molecule has 0 saturated carbocycles. The van der Waals surface area contributed by atoms with Crippen LogP contribution in [0.5, 0.6) is 0 Å². The third-order valence-corrected chi connectivity index (χ3v) is 3.99. The molecule has 7 nitrogen and oxygen atoms in total. The van der Waals surface area contributed by atoms with Crippen molar-refractivity contribution in [1.82, 2.24) is 14.5 Å². The lowest BCUT2D eigenvalue weighted by molar-refractivity contribution is -0.0775. The molecule has 9 heteroatoms. The van der Waals surface area contributed by atoms with Gasteiger partial charge in [-0.15, -0.1) is 0 Å². The average Bonchev–Trinajstić information content (AvgIpc) is 3.02. The minimum absolute atomic E-state index is 0.229. The number of halogens is 2. The molecule has 3 rings (SSSR count). The first-order valence-corrected chi connectivity index (χ1v) is 7.18. The number of nitrogen functional groups attached to an aromatic ring is 1. The highest BCUT2D eigenvalue weighted by atomic mass is 35.5. The normalized spacial score (nSPS) is 31.8. The van der Waals surface area contributed by atoms with Crippen molar-refractivity contribution < 1.29 is 19.3 Å². The van der Waals surface area contributed by atoms with Crippen LogP contribution in [0.2, 0.25) is 0 Å². The quantitative estimate of drug-likeness (QED) is 0.690. The fraction of sp³-hybridized carbons (Fsp3) is 0.429. The van der Waals surface area contributed by atoms with E-state index < -0.39 is 30.2 Å². The Hall–Kier alpha value is -1.92. The van der Waals surface area contributed by atoms with Crippen LogP contribution in [0.15, 0.2) is 18.6 Å². The minimum Gasteiger partial charge on any atom is -0.391 e. The van der Waals surface area contributed by atoms with Gasteiger partial charge in [-0.25, -0.2) is 14.4 Å². The molecule has 122 valence electrons. The third kappa shape index (κ3) is 2.33. The maximum Gasteiger partial charge on any atom is 0.244 e. The molecule has 1 saturated heterocycles. The lowest BCUT2D eigenvalue weighted by Gasteiger charge is -2.24. The Bertz CT molecular complexity index is 802. The summed E-state index contributed by atoms with van der Waals surface area (Å²) in [6, 6.07) is 1.60. The molecule has 0 amide bonds. The van der Waals surface area contributed by atoms with Crippen molar-refractivity contribution in [2.45, 2.75) is 37.1 Å².